The number of benzene rings is 1. The van der Waals surface area contributed by atoms with E-state index in [4.69, 9.17) is 10.4 Å². The Morgan fingerprint density at radius 2 is 2.05 bits per heavy atom. The Labute approximate surface area is 117 Å². The highest BCUT2D eigenvalue weighted by Crippen LogP contribution is 2.31. The normalized spacial score (nSPS) is 11.2. The maximum absolute atomic E-state index is 13.6. The van der Waals surface area contributed by atoms with E-state index in [0.29, 0.717) is 9.75 Å². The summed E-state index contributed by atoms with van der Waals surface area (Å²) >= 11 is 1.11. The molecule has 1 aromatic carbocycles. The molecule has 0 spiro atoms. The molecule has 0 aliphatic heterocycles. The second kappa shape index (κ2) is 5.63. The molecule has 2 rings (SSSR count). The molecule has 1 heterocycles. The zero-order valence-electron chi connectivity index (χ0n) is 9.93. The Balaban J connectivity index is 2.39. The number of carboxylic acids is 1. The Kier molecular flexibility index (Phi) is 3.91. The zero-order valence-corrected chi connectivity index (χ0v) is 10.7. The molecule has 2 aromatic rings. The van der Waals surface area contributed by atoms with Crippen molar-refractivity contribution in [3.05, 3.63) is 52.4 Å². The summed E-state index contributed by atoms with van der Waals surface area (Å²) in [6.45, 7) is 0. The monoisotopic (exact) mass is 291 g/mol. The predicted octanol–water partition coefficient (Wildman–Crippen LogP) is 3.68. The van der Waals surface area contributed by atoms with Crippen molar-refractivity contribution in [3.63, 3.8) is 0 Å². The van der Waals surface area contributed by atoms with Crippen LogP contribution in [0.1, 0.15) is 4.88 Å². The minimum absolute atomic E-state index is 0.227. The molecule has 0 saturated heterocycles. The molecule has 0 saturated carbocycles. The first-order valence-corrected chi connectivity index (χ1v) is 6.23. The molecule has 1 N–H and O–H groups in total. The average Bonchev–Trinajstić information content (AvgIpc) is 2.83. The lowest BCUT2D eigenvalue weighted by atomic mass is 10.1. The molecule has 0 aliphatic carbocycles. The van der Waals surface area contributed by atoms with Crippen LogP contribution in [0, 0.1) is 23.0 Å². The summed E-state index contributed by atoms with van der Waals surface area (Å²) in [6, 6.07) is 7.96. The average molecular weight is 291 g/mol. The highest BCUT2D eigenvalue weighted by Gasteiger charge is 2.10. The first kappa shape index (κ1) is 13.9. The van der Waals surface area contributed by atoms with Crippen LogP contribution in [-0.2, 0) is 4.79 Å². The van der Waals surface area contributed by atoms with Gasteiger partial charge in [0.1, 0.15) is 23.3 Å². The SMILES string of the molecule is N#CC(=Cc1ccc(-c2ccc(F)cc2F)s1)C(=O)O. The Morgan fingerprint density at radius 3 is 2.65 bits per heavy atom. The van der Waals surface area contributed by atoms with E-state index in [1.165, 1.54) is 12.1 Å². The molecular weight excluding hydrogens is 284 g/mol. The second-order valence-corrected chi connectivity index (χ2v) is 4.92. The molecule has 3 nitrogen and oxygen atoms in total. The molecule has 0 aliphatic rings. The van der Waals surface area contributed by atoms with Gasteiger partial charge in [-0.05, 0) is 30.3 Å². The fourth-order valence-electron chi connectivity index (χ4n) is 1.55. The minimum atomic E-state index is -1.32. The summed E-state index contributed by atoms with van der Waals surface area (Å²) < 4.78 is 26.4. The molecule has 0 amide bonds. The van der Waals surface area contributed by atoms with Gasteiger partial charge in [0.15, 0.2) is 0 Å². The van der Waals surface area contributed by atoms with Crippen LogP contribution < -0.4 is 0 Å². The Morgan fingerprint density at radius 1 is 1.30 bits per heavy atom. The van der Waals surface area contributed by atoms with Gasteiger partial charge >= 0.3 is 5.97 Å². The Hall–Kier alpha value is -2.52. The van der Waals surface area contributed by atoms with E-state index in [1.54, 1.807) is 18.2 Å². The molecule has 100 valence electrons. The third kappa shape index (κ3) is 2.90. The van der Waals surface area contributed by atoms with Gasteiger partial charge in [0.2, 0.25) is 0 Å². The van der Waals surface area contributed by atoms with Crippen molar-refractivity contribution in [1.82, 2.24) is 0 Å². The van der Waals surface area contributed by atoms with Crippen LogP contribution in [0.25, 0.3) is 16.5 Å². The topological polar surface area (TPSA) is 61.1 Å². The van der Waals surface area contributed by atoms with Gasteiger partial charge in [-0.3, -0.25) is 0 Å². The fourth-order valence-corrected chi connectivity index (χ4v) is 2.53. The predicted molar refractivity (Wildman–Crippen MR) is 70.9 cm³/mol. The highest BCUT2D eigenvalue weighted by atomic mass is 32.1. The van der Waals surface area contributed by atoms with Crippen LogP contribution in [0.5, 0.6) is 0 Å². The number of thiophene rings is 1. The third-order valence-electron chi connectivity index (χ3n) is 2.46. The lowest BCUT2D eigenvalue weighted by molar-refractivity contribution is -0.132. The molecular formula is C14H7F2NO2S. The first-order valence-electron chi connectivity index (χ1n) is 5.41. The molecule has 20 heavy (non-hydrogen) atoms. The van der Waals surface area contributed by atoms with Crippen LogP contribution >= 0.6 is 11.3 Å². The molecule has 1 aromatic heterocycles. The van der Waals surface area contributed by atoms with Gasteiger partial charge in [-0.2, -0.15) is 5.26 Å². The second-order valence-electron chi connectivity index (χ2n) is 3.80. The van der Waals surface area contributed by atoms with E-state index in [0.717, 1.165) is 23.5 Å². The lowest BCUT2D eigenvalue weighted by Crippen LogP contribution is -1.96. The van der Waals surface area contributed by atoms with E-state index in [9.17, 15) is 13.6 Å². The summed E-state index contributed by atoms with van der Waals surface area (Å²) in [5.74, 6) is -2.68. The molecule has 0 unspecified atom stereocenters. The van der Waals surface area contributed by atoms with E-state index in [1.807, 2.05) is 0 Å². The van der Waals surface area contributed by atoms with Crippen molar-refractivity contribution in [1.29, 1.82) is 5.26 Å². The minimum Gasteiger partial charge on any atom is -0.477 e. The van der Waals surface area contributed by atoms with E-state index < -0.39 is 23.2 Å². The van der Waals surface area contributed by atoms with Crippen molar-refractivity contribution in [2.75, 3.05) is 0 Å². The smallest absolute Gasteiger partial charge is 0.346 e. The van der Waals surface area contributed by atoms with Crippen LogP contribution in [0.2, 0.25) is 0 Å². The number of halogens is 2. The van der Waals surface area contributed by atoms with E-state index >= 15 is 0 Å². The van der Waals surface area contributed by atoms with Gasteiger partial charge in [0.25, 0.3) is 0 Å². The summed E-state index contributed by atoms with van der Waals surface area (Å²) in [4.78, 5) is 11.7. The maximum atomic E-state index is 13.6. The van der Waals surface area contributed by atoms with Gasteiger partial charge < -0.3 is 5.11 Å². The zero-order chi connectivity index (χ0) is 14.7. The first-order chi connectivity index (χ1) is 9.51. The molecule has 0 atom stereocenters. The van der Waals surface area contributed by atoms with Gasteiger partial charge in [-0.15, -0.1) is 11.3 Å². The van der Waals surface area contributed by atoms with Gasteiger partial charge in [0, 0.05) is 21.4 Å². The Bertz CT molecular complexity index is 744. The van der Waals surface area contributed by atoms with E-state index in [2.05, 4.69) is 0 Å². The van der Waals surface area contributed by atoms with E-state index in [-0.39, 0.29) is 5.56 Å². The molecule has 0 radical (unpaired) electrons. The summed E-state index contributed by atoms with van der Waals surface area (Å²) in [6.07, 6.45) is 1.21. The van der Waals surface area contributed by atoms with Gasteiger partial charge in [0.05, 0.1) is 0 Å². The van der Waals surface area contributed by atoms with Crippen LogP contribution in [-0.4, -0.2) is 11.1 Å². The van der Waals surface area contributed by atoms with Crippen molar-refractivity contribution >= 4 is 23.4 Å². The van der Waals surface area contributed by atoms with Crippen molar-refractivity contribution in [2.24, 2.45) is 0 Å². The van der Waals surface area contributed by atoms with Crippen LogP contribution in [0.4, 0.5) is 8.78 Å². The van der Waals surface area contributed by atoms with Crippen molar-refractivity contribution < 1.29 is 18.7 Å². The molecule has 0 bridgehead atoms. The standard InChI is InChI=1S/C14H7F2NO2S/c15-9-1-3-11(12(16)6-9)13-4-2-10(20-13)5-8(7-17)14(18)19/h1-6H,(H,18,19). The van der Waals surface area contributed by atoms with Gasteiger partial charge in [-0.25, -0.2) is 13.6 Å². The summed E-state index contributed by atoms with van der Waals surface area (Å²) in [5.41, 5.74) is -0.178. The number of carboxylic acid groups (broad SMARTS) is 1. The number of hydrogen-bond donors (Lipinski definition) is 1. The van der Waals surface area contributed by atoms with Crippen molar-refractivity contribution in [2.45, 2.75) is 0 Å². The van der Waals surface area contributed by atoms with Crippen molar-refractivity contribution in [3.8, 4) is 16.5 Å². The quantitative estimate of drug-likeness (QED) is 0.693. The van der Waals surface area contributed by atoms with Crippen LogP contribution in [0.3, 0.4) is 0 Å². The fraction of sp³-hybridized carbons (Fsp3) is 0. The lowest BCUT2D eigenvalue weighted by Gasteiger charge is -1.99. The largest absolute Gasteiger partial charge is 0.477 e. The third-order valence-corrected chi connectivity index (χ3v) is 3.53. The maximum Gasteiger partial charge on any atom is 0.346 e. The number of nitrogens with zero attached hydrogens (tertiary/aromatic N) is 1. The molecule has 0 fully saturated rings. The number of aliphatic carboxylic acids is 1. The summed E-state index contributed by atoms with van der Waals surface area (Å²) in [5, 5.41) is 17.4. The molecule has 6 heteroatoms. The number of hydrogen-bond acceptors (Lipinski definition) is 3. The van der Waals surface area contributed by atoms with Crippen LogP contribution in [0.15, 0.2) is 35.9 Å². The highest BCUT2D eigenvalue weighted by molar-refractivity contribution is 7.16. The summed E-state index contributed by atoms with van der Waals surface area (Å²) in [7, 11) is 0. The van der Waals surface area contributed by atoms with Gasteiger partial charge in [-0.1, -0.05) is 0 Å². The number of rotatable bonds is 3. The number of carbonyl (C=O) groups is 1. The number of nitriles is 1.